The summed E-state index contributed by atoms with van der Waals surface area (Å²) in [5, 5.41) is 1.34. The second kappa shape index (κ2) is 5.37. The second-order valence-corrected chi connectivity index (χ2v) is 4.94. The third-order valence-corrected chi connectivity index (χ3v) is 3.24. The summed E-state index contributed by atoms with van der Waals surface area (Å²) in [5.41, 5.74) is 10.3. The van der Waals surface area contributed by atoms with Crippen molar-refractivity contribution in [3.8, 4) is 0 Å². The van der Waals surface area contributed by atoms with Crippen molar-refractivity contribution in [1.82, 2.24) is 9.91 Å². The molecule has 98 valence electrons. The number of hydrogen-bond acceptors (Lipinski definition) is 5. The number of hydrogen-bond donors (Lipinski definition) is 3. The van der Waals surface area contributed by atoms with Crippen molar-refractivity contribution in [2.45, 2.75) is 38.3 Å². The van der Waals surface area contributed by atoms with E-state index >= 15 is 0 Å². The van der Waals surface area contributed by atoms with Gasteiger partial charge in [-0.05, 0) is 26.7 Å². The van der Waals surface area contributed by atoms with Crippen molar-refractivity contribution in [1.29, 1.82) is 0 Å². The van der Waals surface area contributed by atoms with E-state index in [1.54, 1.807) is 13.8 Å². The Morgan fingerprint density at radius 2 is 1.94 bits per heavy atom. The first-order valence-corrected chi connectivity index (χ1v) is 5.87. The van der Waals surface area contributed by atoms with E-state index in [0.29, 0.717) is 13.1 Å². The molecular formula is C11H23N5O. The van der Waals surface area contributed by atoms with Crippen LogP contribution in [0, 0.1) is 0 Å². The normalized spacial score (nSPS) is 18.7. The maximum Gasteiger partial charge on any atom is 0.249 e. The quantitative estimate of drug-likeness (QED) is 0.449. The summed E-state index contributed by atoms with van der Waals surface area (Å²) in [6, 6.07) is 0.208. The zero-order valence-electron chi connectivity index (χ0n) is 10.6. The molecular weight excluding hydrogens is 218 g/mol. The molecule has 1 aliphatic heterocycles. The number of rotatable bonds is 3. The maximum absolute atomic E-state index is 12.3. The first kappa shape index (κ1) is 13.8. The second-order valence-electron chi connectivity index (χ2n) is 4.94. The van der Waals surface area contributed by atoms with Gasteiger partial charge in [0, 0.05) is 31.5 Å². The summed E-state index contributed by atoms with van der Waals surface area (Å²) in [7, 11) is 0. The van der Waals surface area contributed by atoms with Gasteiger partial charge in [-0.3, -0.25) is 4.79 Å². The van der Waals surface area contributed by atoms with Crippen molar-refractivity contribution < 1.29 is 4.79 Å². The summed E-state index contributed by atoms with van der Waals surface area (Å²) < 4.78 is 0. The minimum atomic E-state index is -0.794. The molecule has 1 aliphatic rings. The Morgan fingerprint density at radius 3 is 2.41 bits per heavy atom. The SMILES string of the molecule is CC(C)(C(=O)N1CCC(N)CC1)N(N)/C=C\N. The topological polar surface area (TPSA) is 102 Å². The lowest BCUT2D eigenvalue weighted by molar-refractivity contribution is -0.142. The van der Waals surface area contributed by atoms with E-state index in [-0.39, 0.29) is 11.9 Å². The average Bonchev–Trinajstić information content (AvgIpc) is 2.29. The van der Waals surface area contributed by atoms with Gasteiger partial charge in [0.15, 0.2) is 0 Å². The van der Waals surface area contributed by atoms with Crippen LogP contribution in [-0.2, 0) is 4.79 Å². The number of likely N-dealkylation sites (tertiary alicyclic amines) is 1. The molecule has 0 bridgehead atoms. The van der Waals surface area contributed by atoms with Crippen LogP contribution in [0.25, 0.3) is 0 Å². The lowest BCUT2D eigenvalue weighted by Crippen LogP contribution is -2.58. The molecule has 0 radical (unpaired) electrons. The highest BCUT2D eigenvalue weighted by atomic mass is 16.2. The Labute approximate surface area is 102 Å². The Kier molecular flexibility index (Phi) is 4.36. The van der Waals surface area contributed by atoms with Crippen LogP contribution in [0.3, 0.4) is 0 Å². The van der Waals surface area contributed by atoms with Crippen molar-refractivity contribution in [3.63, 3.8) is 0 Å². The fourth-order valence-electron chi connectivity index (χ4n) is 1.88. The smallest absolute Gasteiger partial charge is 0.249 e. The molecule has 0 aromatic carbocycles. The van der Waals surface area contributed by atoms with Crippen LogP contribution < -0.4 is 17.3 Å². The van der Waals surface area contributed by atoms with Gasteiger partial charge in [0.05, 0.1) is 0 Å². The molecule has 0 aromatic rings. The van der Waals surface area contributed by atoms with E-state index in [2.05, 4.69) is 0 Å². The molecule has 0 aliphatic carbocycles. The predicted molar refractivity (Wildman–Crippen MR) is 67.2 cm³/mol. The molecule has 17 heavy (non-hydrogen) atoms. The first-order valence-electron chi connectivity index (χ1n) is 5.87. The lowest BCUT2D eigenvalue weighted by Gasteiger charge is -2.39. The molecule has 1 saturated heterocycles. The third-order valence-electron chi connectivity index (χ3n) is 3.24. The highest BCUT2D eigenvalue weighted by molar-refractivity contribution is 5.85. The highest BCUT2D eigenvalue weighted by Gasteiger charge is 2.36. The molecule has 1 fully saturated rings. The fourth-order valence-corrected chi connectivity index (χ4v) is 1.88. The van der Waals surface area contributed by atoms with Crippen LogP contribution in [-0.4, -0.2) is 40.5 Å². The molecule has 6 nitrogen and oxygen atoms in total. The molecule has 1 rings (SSSR count). The summed E-state index contributed by atoms with van der Waals surface area (Å²) >= 11 is 0. The van der Waals surface area contributed by atoms with Crippen LogP contribution in [0.1, 0.15) is 26.7 Å². The van der Waals surface area contributed by atoms with Crippen molar-refractivity contribution in [2.24, 2.45) is 17.3 Å². The van der Waals surface area contributed by atoms with Crippen LogP contribution in [0.5, 0.6) is 0 Å². The predicted octanol–water partition coefficient (Wildman–Crippen LogP) is -0.680. The molecule has 0 spiro atoms. The van der Waals surface area contributed by atoms with Gasteiger partial charge in [-0.2, -0.15) is 0 Å². The molecule has 6 heteroatoms. The van der Waals surface area contributed by atoms with Gasteiger partial charge in [-0.15, -0.1) is 0 Å². The molecule has 0 saturated carbocycles. The van der Waals surface area contributed by atoms with Gasteiger partial charge >= 0.3 is 0 Å². The minimum absolute atomic E-state index is 0.00463. The van der Waals surface area contributed by atoms with Gasteiger partial charge in [-0.1, -0.05) is 0 Å². The lowest BCUT2D eigenvalue weighted by atomic mass is 9.99. The van der Waals surface area contributed by atoms with Gasteiger partial charge in [0.2, 0.25) is 5.91 Å². The number of piperidine rings is 1. The Hall–Kier alpha value is -1.27. The molecule has 1 amide bonds. The van der Waals surface area contributed by atoms with Crippen LogP contribution in [0.15, 0.2) is 12.4 Å². The monoisotopic (exact) mass is 241 g/mol. The van der Waals surface area contributed by atoms with Crippen molar-refractivity contribution >= 4 is 5.91 Å². The first-order chi connectivity index (χ1) is 7.89. The number of carbonyl (C=O) groups excluding carboxylic acids is 1. The van der Waals surface area contributed by atoms with Crippen molar-refractivity contribution in [2.75, 3.05) is 13.1 Å². The van der Waals surface area contributed by atoms with Crippen molar-refractivity contribution in [3.05, 3.63) is 12.4 Å². The molecule has 0 unspecified atom stereocenters. The number of amides is 1. The van der Waals surface area contributed by atoms with E-state index in [9.17, 15) is 4.79 Å². The zero-order valence-corrected chi connectivity index (χ0v) is 10.6. The van der Waals surface area contributed by atoms with E-state index in [4.69, 9.17) is 17.3 Å². The van der Waals surface area contributed by atoms with Crippen LogP contribution in [0.2, 0.25) is 0 Å². The average molecular weight is 241 g/mol. The Bertz CT molecular complexity index is 294. The Balaban J connectivity index is 2.68. The van der Waals surface area contributed by atoms with Gasteiger partial charge < -0.3 is 21.4 Å². The minimum Gasteiger partial charge on any atom is -0.403 e. The van der Waals surface area contributed by atoms with E-state index in [0.717, 1.165) is 12.8 Å². The summed E-state index contributed by atoms with van der Waals surface area (Å²) in [6.07, 6.45) is 4.51. The summed E-state index contributed by atoms with van der Waals surface area (Å²) in [6.45, 7) is 4.96. The zero-order chi connectivity index (χ0) is 13.1. The van der Waals surface area contributed by atoms with Gasteiger partial charge in [0.25, 0.3) is 0 Å². The maximum atomic E-state index is 12.3. The number of nitrogens with two attached hydrogens (primary N) is 3. The molecule has 6 N–H and O–H groups in total. The summed E-state index contributed by atoms with van der Waals surface area (Å²) in [4.78, 5) is 14.1. The molecule has 0 aromatic heterocycles. The third kappa shape index (κ3) is 3.10. The van der Waals surface area contributed by atoms with Crippen LogP contribution >= 0.6 is 0 Å². The number of hydrazine groups is 1. The Morgan fingerprint density at radius 1 is 1.41 bits per heavy atom. The van der Waals surface area contributed by atoms with E-state index in [1.165, 1.54) is 17.4 Å². The molecule has 1 heterocycles. The largest absolute Gasteiger partial charge is 0.403 e. The molecule has 0 atom stereocenters. The van der Waals surface area contributed by atoms with E-state index in [1.807, 2.05) is 4.90 Å². The summed E-state index contributed by atoms with van der Waals surface area (Å²) in [5.74, 6) is 5.80. The van der Waals surface area contributed by atoms with Gasteiger partial charge in [-0.25, -0.2) is 5.84 Å². The number of nitrogens with zero attached hydrogens (tertiary/aromatic N) is 2. The van der Waals surface area contributed by atoms with Crippen LogP contribution in [0.4, 0.5) is 0 Å². The fraction of sp³-hybridized carbons (Fsp3) is 0.727. The van der Waals surface area contributed by atoms with Gasteiger partial charge in [0.1, 0.15) is 5.54 Å². The van der Waals surface area contributed by atoms with E-state index < -0.39 is 5.54 Å². The number of carbonyl (C=O) groups is 1. The highest BCUT2D eigenvalue weighted by Crippen LogP contribution is 2.18. The standard InChI is InChI=1S/C11H23N5O/c1-11(2,16(14)8-5-12)10(17)15-6-3-9(13)4-7-15/h5,8-9H,3-4,6-7,12-14H2,1-2H3/b8-5-.